The van der Waals surface area contributed by atoms with Crippen molar-refractivity contribution in [1.82, 2.24) is 4.98 Å². The Morgan fingerprint density at radius 3 is 2.36 bits per heavy atom. The molecule has 6 heteroatoms. The summed E-state index contributed by atoms with van der Waals surface area (Å²) in [6.45, 7) is 8.73. The first-order chi connectivity index (χ1) is 10.3. The highest BCUT2D eigenvalue weighted by atomic mass is 16.5. The number of hydrogen-bond donors (Lipinski definition) is 1. The largest absolute Gasteiger partial charge is 0.462 e. The van der Waals surface area contributed by atoms with Crippen molar-refractivity contribution in [2.24, 2.45) is 0 Å². The van der Waals surface area contributed by atoms with Gasteiger partial charge in [-0.2, -0.15) is 0 Å². The van der Waals surface area contributed by atoms with Gasteiger partial charge in [0, 0.05) is 12.1 Å². The van der Waals surface area contributed by atoms with Crippen LogP contribution in [-0.2, 0) is 14.3 Å². The summed E-state index contributed by atoms with van der Waals surface area (Å²) in [5, 5.41) is 0. The van der Waals surface area contributed by atoms with Crippen LogP contribution in [0.25, 0.3) is 0 Å². The van der Waals surface area contributed by atoms with E-state index in [1.54, 1.807) is 20.8 Å². The number of H-pyrrole nitrogens is 1. The summed E-state index contributed by atoms with van der Waals surface area (Å²) in [7, 11) is 0. The molecule has 6 nitrogen and oxygen atoms in total. The van der Waals surface area contributed by atoms with E-state index < -0.39 is 18.0 Å². The van der Waals surface area contributed by atoms with Crippen molar-refractivity contribution in [2.75, 3.05) is 6.61 Å². The van der Waals surface area contributed by atoms with Gasteiger partial charge in [0.2, 0.25) is 5.78 Å². The van der Waals surface area contributed by atoms with Crippen LogP contribution in [0.2, 0.25) is 0 Å². The standard InChI is InChI=1S/C16H23NO5/c1-6-8-12(18)22-11(5)15(19)14-9(3)13(10(4)17-14)16(20)21-7-2/h11,17H,6-8H2,1-5H3/t11-/m0/s1. The van der Waals surface area contributed by atoms with Gasteiger partial charge in [0.1, 0.15) is 0 Å². The Morgan fingerprint density at radius 1 is 1.18 bits per heavy atom. The Labute approximate surface area is 130 Å². The van der Waals surface area contributed by atoms with E-state index in [9.17, 15) is 14.4 Å². The molecular formula is C16H23NO5. The van der Waals surface area contributed by atoms with Gasteiger partial charge < -0.3 is 14.5 Å². The minimum Gasteiger partial charge on any atom is -0.462 e. The van der Waals surface area contributed by atoms with Crippen LogP contribution >= 0.6 is 0 Å². The summed E-state index contributed by atoms with van der Waals surface area (Å²) in [5.41, 5.74) is 1.71. The predicted molar refractivity (Wildman–Crippen MR) is 81.0 cm³/mol. The van der Waals surface area contributed by atoms with Crippen LogP contribution in [0.15, 0.2) is 0 Å². The zero-order chi connectivity index (χ0) is 16.9. The van der Waals surface area contributed by atoms with Gasteiger partial charge >= 0.3 is 11.9 Å². The number of esters is 2. The molecule has 0 aromatic carbocycles. The van der Waals surface area contributed by atoms with E-state index in [-0.39, 0.29) is 24.5 Å². The van der Waals surface area contributed by atoms with Crippen LogP contribution in [0.5, 0.6) is 0 Å². The molecule has 0 fully saturated rings. The second-order valence-electron chi connectivity index (χ2n) is 5.09. The molecule has 1 aromatic heterocycles. The van der Waals surface area contributed by atoms with E-state index in [1.807, 2.05) is 6.92 Å². The Morgan fingerprint density at radius 2 is 1.82 bits per heavy atom. The van der Waals surface area contributed by atoms with Crippen LogP contribution < -0.4 is 0 Å². The van der Waals surface area contributed by atoms with E-state index in [1.165, 1.54) is 6.92 Å². The number of carbonyl (C=O) groups is 3. The minimum atomic E-state index is -0.897. The van der Waals surface area contributed by atoms with Gasteiger partial charge in [-0.15, -0.1) is 0 Å². The lowest BCUT2D eigenvalue weighted by Crippen LogP contribution is -2.25. The molecule has 0 aliphatic heterocycles. The fraction of sp³-hybridized carbons (Fsp3) is 0.562. The second kappa shape index (κ2) is 7.77. The first-order valence-electron chi connectivity index (χ1n) is 7.43. The average Bonchev–Trinajstić information content (AvgIpc) is 2.73. The number of ketones is 1. The lowest BCUT2D eigenvalue weighted by atomic mass is 10.1. The summed E-state index contributed by atoms with van der Waals surface area (Å²) in [4.78, 5) is 38.7. The second-order valence-corrected chi connectivity index (χ2v) is 5.09. The first kappa shape index (κ1) is 17.9. The molecule has 0 radical (unpaired) electrons. The molecule has 1 heterocycles. The van der Waals surface area contributed by atoms with Crippen LogP contribution in [0.4, 0.5) is 0 Å². The lowest BCUT2D eigenvalue weighted by molar-refractivity contribution is -0.146. The highest BCUT2D eigenvalue weighted by molar-refractivity contribution is 6.03. The van der Waals surface area contributed by atoms with Gasteiger partial charge in [-0.25, -0.2) is 4.79 Å². The molecule has 0 saturated carbocycles. The van der Waals surface area contributed by atoms with Crippen molar-refractivity contribution in [3.8, 4) is 0 Å². The van der Waals surface area contributed by atoms with E-state index in [2.05, 4.69) is 4.98 Å². The summed E-state index contributed by atoms with van der Waals surface area (Å²) < 4.78 is 10.1. The number of rotatable bonds is 7. The molecule has 0 saturated heterocycles. The quantitative estimate of drug-likeness (QED) is 0.618. The summed E-state index contributed by atoms with van der Waals surface area (Å²) >= 11 is 0. The van der Waals surface area contributed by atoms with Crippen molar-refractivity contribution < 1.29 is 23.9 Å². The third-order valence-electron chi connectivity index (χ3n) is 3.30. The smallest absolute Gasteiger partial charge is 0.340 e. The molecule has 1 aromatic rings. The van der Waals surface area contributed by atoms with Gasteiger partial charge in [0.25, 0.3) is 0 Å². The van der Waals surface area contributed by atoms with Crippen LogP contribution in [0, 0.1) is 13.8 Å². The van der Waals surface area contributed by atoms with Gasteiger partial charge in [-0.3, -0.25) is 9.59 Å². The fourth-order valence-corrected chi connectivity index (χ4v) is 2.22. The van der Waals surface area contributed by atoms with Crippen molar-refractivity contribution >= 4 is 17.7 Å². The Balaban J connectivity index is 2.97. The summed E-state index contributed by atoms with van der Waals surface area (Å²) in [6, 6.07) is 0. The number of Topliss-reactive ketones (excluding diaryl/α,β-unsaturated/α-hetero) is 1. The van der Waals surface area contributed by atoms with Crippen LogP contribution in [0.1, 0.15) is 65.7 Å². The molecule has 122 valence electrons. The third kappa shape index (κ3) is 3.96. The van der Waals surface area contributed by atoms with Gasteiger partial charge in [-0.05, 0) is 39.7 Å². The Kier molecular flexibility index (Phi) is 6.34. The lowest BCUT2D eigenvalue weighted by Gasteiger charge is -2.11. The highest BCUT2D eigenvalue weighted by Gasteiger charge is 2.27. The maximum Gasteiger partial charge on any atom is 0.340 e. The molecule has 1 rings (SSSR count). The van der Waals surface area contributed by atoms with Gasteiger partial charge in [0.05, 0.1) is 17.9 Å². The van der Waals surface area contributed by atoms with Crippen molar-refractivity contribution in [3.05, 3.63) is 22.5 Å². The van der Waals surface area contributed by atoms with Crippen LogP contribution in [-0.4, -0.2) is 35.4 Å². The zero-order valence-electron chi connectivity index (χ0n) is 13.7. The number of nitrogens with one attached hydrogen (secondary N) is 1. The van der Waals surface area contributed by atoms with E-state index in [0.29, 0.717) is 23.2 Å². The monoisotopic (exact) mass is 309 g/mol. The average molecular weight is 309 g/mol. The molecule has 0 aliphatic carbocycles. The van der Waals surface area contributed by atoms with Crippen molar-refractivity contribution in [3.63, 3.8) is 0 Å². The number of carbonyl (C=O) groups excluding carboxylic acids is 3. The minimum absolute atomic E-state index is 0.261. The number of aryl methyl sites for hydroxylation is 1. The number of ether oxygens (including phenoxy) is 2. The Hall–Kier alpha value is -2.11. The van der Waals surface area contributed by atoms with Gasteiger partial charge in [0.15, 0.2) is 6.10 Å². The fourth-order valence-electron chi connectivity index (χ4n) is 2.22. The molecule has 0 spiro atoms. The molecule has 0 amide bonds. The zero-order valence-corrected chi connectivity index (χ0v) is 13.7. The molecule has 0 bridgehead atoms. The molecule has 0 aliphatic rings. The topological polar surface area (TPSA) is 85.5 Å². The molecule has 0 unspecified atom stereocenters. The summed E-state index contributed by atoms with van der Waals surface area (Å²) in [5.74, 6) is -1.24. The van der Waals surface area contributed by atoms with Crippen LogP contribution in [0.3, 0.4) is 0 Å². The first-order valence-corrected chi connectivity index (χ1v) is 7.43. The number of aromatic nitrogens is 1. The predicted octanol–water partition coefficient (Wildman–Crippen LogP) is 2.72. The maximum atomic E-state index is 12.4. The van der Waals surface area contributed by atoms with Crippen molar-refractivity contribution in [1.29, 1.82) is 0 Å². The molecule has 1 atom stereocenters. The van der Waals surface area contributed by atoms with Gasteiger partial charge in [-0.1, -0.05) is 6.92 Å². The highest BCUT2D eigenvalue weighted by Crippen LogP contribution is 2.21. The molecular weight excluding hydrogens is 286 g/mol. The van der Waals surface area contributed by atoms with E-state index in [4.69, 9.17) is 9.47 Å². The Bertz CT molecular complexity index is 573. The molecule has 1 N–H and O–H groups in total. The molecule has 22 heavy (non-hydrogen) atoms. The van der Waals surface area contributed by atoms with E-state index >= 15 is 0 Å². The number of aromatic amines is 1. The van der Waals surface area contributed by atoms with E-state index in [0.717, 1.165) is 0 Å². The van der Waals surface area contributed by atoms with Crippen molar-refractivity contribution in [2.45, 2.75) is 53.6 Å². The number of hydrogen-bond acceptors (Lipinski definition) is 5. The summed E-state index contributed by atoms with van der Waals surface area (Å²) in [6.07, 6.45) is 0.0350. The maximum absolute atomic E-state index is 12.4. The SMILES string of the molecule is CCCC(=O)O[C@@H](C)C(=O)c1[nH]c(C)c(C(=O)OCC)c1C. The third-order valence-corrected chi connectivity index (χ3v) is 3.30. The normalized spacial score (nSPS) is 11.9.